The topological polar surface area (TPSA) is 62.0 Å². The summed E-state index contributed by atoms with van der Waals surface area (Å²) in [4.78, 5) is 29.2. The van der Waals surface area contributed by atoms with E-state index in [0.29, 0.717) is 23.7 Å². The van der Waals surface area contributed by atoms with Gasteiger partial charge in [0.15, 0.2) is 0 Å². The molecule has 0 spiro atoms. The number of carbonyl (C=O) groups is 2. The van der Waals surface area contributed by atoms with Crippen LogP contribution in [0.4, 0.5) is 0 Å². The molecule has 2 aromatic carbocycles. The van der Waals surface area contributed by atoms with Gasteiger partial charge in [-0.1, -0.05) is 55.0 Å². The van der Waals surface area contributed by atoms with Gasteiger partial charge in [0.1, 0.15) is 0 Å². The van der Waals surface area contributed by atoms with Gasteiger partial charge in [0.05, 0.1) is 11.3 Å². The van der Waals surface area contributed by atoms with Crippen LogP contribution >= 0.6 is 0 Å². The summed E-state index contributed by atoms with van der Waals surface area (Å²) in [5.74, 6) is 1.14. The van der Waals surface area contributed by atoms with Gasteiger partial charge in [-0.2, -0.15) is 0 Å². The third kappa shape index (κ3) is 2.93. The largest absolute Gasteiger partial charge is 0.354 e. The summed E-state index contributed by atoms with van der Waals surface area (Å²) in [7, 11) is 0. The Morgan fingerprint density at radius 2 is 1.75 bits per heavy atom. The summed E-state index contributed by atoms with van der Waals surface area (Å²) < 4.78 is 0. The number of aromatic amines is 1. The van der Waals surface area contributed by atoms with E-state index in [2.05, 4.69) is 10.3 Å². The van der Waals surface area contributed by atoms with Crippen LogP contribution in [0.2, 0.25) is 0 Å². The molecule has 0 radical (unpaired) electrons. The maximum Gasteiger partial charge on any atom is 0.292 e. The molecule has 0 unspecified atom stereocenters. The number of benzene rings is 2. The van der Waals surface area contributed by atoms with Crippen molar-refractivity contribution >= 4 is 22.6 Å². The van der Waals surface area contributed by atoms with Gasteiger partial charge in [-0.05, 0) is 48.6 Å². The van der Waals surface area contributed by atoms with Gasteiger partial charge in [0, 0.05) is 17.4 Å². The lowest BCUT2D eigenvalue weighted by atomic mass is 9.89. The number of ketones is 1. The third-order valence-corrected chi connectivity index (χ3v) is 6.61. The van der Waals surface area contributed by atoms with E-state index < -0.39 is 11.7 Å². The smallest absolute Gasteiger partial charge is 0.292 e. The first kappa shape index (κ1) is 17.2. The minimum atomic E-state index is -0.496. The molecule has 1 aromatic heterocycles. The first-order valence-corrected chi connectivity index (χ1v) is 10.2. The van der Waals surface area contributed by atoms with Crippen LogP contribution in [0.25, 0.3) is 22.2 Å². The second-order valence-electron chi connectivity index (χ2n) is 8.26. The molecule has 5 rings (SSSR count). The zero-order valence-electron chi connectivity index (χ0n) is 15.8. The first-order valence-electron chi connectivity index (χ1n) is 10.2. The molecule has 28 heavy (non-hydrogen) atoms. The lowest BCUT2D eigenvalue weighted by Crippen LogP contribution is -2.36. The van der Waals surface area contributed by atoms with E-state index in [4.69, 9.17) is 0 Å². The van der Waals surface area contributed by atoms with E-state index in [1.54, 1.807) is 0 Å². The highest BCUT2D eigenvalue weighted by Gasteiger charge is 2.39. The average Bonchev–Trinajstić information content (AvgIpc) is 3.45. The van der Waals surface area contributed by atoms with Gasteiger partial charge in [0.2, 0.25) is 0 Å². The molecule has 2 aliphatic rings. The summed E-state index contributed by atoms with van der Waals surface area (Å²) in [6, 6.07) is 17.4. The standard InChI is InChI=1S/C24H24N2O2/c27-23(24(28)25-14-18-13-15-10-11-17(18)12-15)21-19-8-4-5-9-20(19)26-22(21)16-6-2-1-3-7-16/h1-9,15,17-18,26H,10-14H2,(H,25,28)/t15-,17-,18+/m0/s1. The van der Waals surface area contributed by atoms with Crippen molar-refractivity contribution in [3.63, 3.8) is 0 Å². The normalized spacial score (nSPS) is 23.2. The first-order chi connectivity index (χ1) is 13.7. The Balaban J connectivity index is 1.42. The highest BCUT2D eigenvalue weighted by atomic mass is 16.2. The molecule has 0 saturated heterocycles. The van der Waals surface area contributed by atoms with Crippen molar-refractivity contribution in [2.75, 3.05) is 6.54 Å². The monoisotopic (exact) mass is 372 g/mol. The van der Waals surface area contributed by atoms with Crippen molar-refractivity contribution in [2.24, 2.45) is 17.8 Å². The highest BCUT2D eigenvalue weighted by molar-refractivity contribution is 6.46. The van der Waals surface area contributed by atoms with Crippen LogP contribution in [0.5, 0.6) is 0 Å². The summed E-state index contributed by atoms with van der Waals surface area (Å²) in [6.45, 7) is 0.620. The highest BCUT2D eigenvalue weighted by Crippen LogP contribution is 2.47. The Hall–Kier alpha value is -2.88. The molecule has 4 nitrogen and oxygen atoms in total. The number of aromatic nitrogens is 1. The minimum Gasteiger partial charge on any atom is -0.354 e. The van der Waals surface area contributed by atoms with Crippen molar-refractivity contribution in [1.29, 1.82) is 0 Å². The van der Waals surface area contributed by atoms with E-state index in [-0.39, 0.29) is 0 Å². The van der Waals surface area contributed by atoms with Crippen LogP contribution in [-0.4, -0.2) is 23.2 Å². The predicted molar refractivity (Wildman–Crippen MR) is 110 cm³/mol. The van der Waals surface area contributed by atoms with Gasteiger partial charge >= 0.3 is 0 Å². The molecular formula is C24H24N2O2. The molecule has 1 amide bonds. The van der Waals surface area contributed by atoms with Crippen molar-refractivity contribution in [2.45, 2.75) is 25.7 Å². The van der Waals surface area contributed by atoms with Crippen LogP contribution in [0.3, 0.4) is 0 Å². The minimum absolute atomic E-state index is 0.459. The molecular weight excluding hydrogens is 348 g/mol. The Morgan fingerprint density at radius 1 is 0.964 bits per heavy atom. The Bertz CT molecular complexity index is 1040. The van der Waals surface area contributed by atoms with Crippen LogP contribution in [0.1, 0.15) is 36.0 Å². The second kappa shape index (κ2) is 6.93. The van der Waals surface area contributed by atoms with E-state index in [0.717, 1.165) is 28.3 Å². The molecule has 142 valence electrons. The fourth-order valence-electron chi connectivity index (χ4n) is 5.24. The number of fused-ring (bicyclic) bond motifs is 3. The zero-order chi connectivity index (χ0) is 19.1. The number of hydrogen-bond donors (Lipinski definition) is 2. The maximum atomic E-state index is 13.1. The van der Waals surface area contributed by atoms with Crippen LogP contribution in [0.15, 0.2) is 54.6 Å². The average molecular weight is 372 g/mol. The number of rotatable bonds is 5. The van der Waals surface area contributed by atoms with E-state index in [1.807, 2.05) is 54.6 Å². The van der Waals surface area contributed by atoms with Crippen molar-refractivity contribution in [1.82, 2.24) is 10.3 Å². The van der Waals surface area contributed by atoms with E-state index in [1.165, 1.54) is 25.7 Å². The van der Waals surface area contributed by atoms with Gasteiger partial charge in [0.25, 0.3) is 11.7 Å². The lowest BCUT2D eigenvalue weighted by Gasteiger charge is -2.21. The van der Waals surface area contributed by atoms with E-state index in [9.17, 15) is 9.59 Å². The number of nitrogens with one attached hydrogen (secondary N) is 2. The van der Waals surface area contributed by atoms with Crippen LogP contribution in [0, 0.1) is 17.8 Å². The second-order valence-corrected chi connectivity index (χ2v) is 8.26. The molecule has 2 N–H and O–H groups in total. The number of para-hydroxylation sites is 1. The quantitative estimate of drug-likeness (QED) is 0.509. The zero-order valence-corrected chi connectivity index (χ0v) is 15.8. The number of Topliss-reactive ketones (excluding diaryl/α,β-unsaturated/α-hetero) is 1. The number of carbonyl (C=O) groups excluding carboxylic acids is 2. The molecule has 2 saturated carbocycles. The molecule has 2 bridgehead atoms. The maximum absolute atomic E-state index is 13.1. The fourth-order valence-corrected chi connectivity index (χ4v) is 5.24. The predicted octanol–water partition coefficient (Wildman–Crippen LogP) is 4.57. The van der Waals surface area contributed by atoms with Crippen LogP contribution < -0.4 is 5.32 Å². The molecule has 0 aliphatic heterocycles. The van der Waals surface area contributed by atoms with Crippen molar-refractivity contribution < 1.29 is 9.59 Å². The summed E-state index contributed by atoms with van der Waals surface area (Å²) in [5, 5.41) is 3.73. The Labute approximate surface area is 164 Å². The number of H-pyrrole nitrogens is 1. The van der Waals surface area contributed by atoms with Gasteiger partial charge in [-0.25, -0.2) is 0 Å². The van der Waals surface area contributed by atoms with Gasteiger partial charge < -0.3 is 10.3 Å². The molecule has 3 atom stereocenters. The fraction of sp³-hybridized carbons (Fsp3) is 0.333. The van der Waals surface area contributed by atoms with Crippen LogP contribution in [-0.2, 0) is 4.79 Å². The molecule has 4 heteroatoms. The Kier molecular flexibility index (Phi) is 4.27. The molecule has 1 heterocycles. The molecule has 3 aromatic rings. The molecule has 2 fully saturated rings. The summed E-state index contributed by atoms with van der Waals surface area (Å²) in [5.41, 5.74) is 2.95. The van der Waals surface area contributed by atoms with E-state index >= 15 is 0 Å². The lowest BCUT2D eigenvalue weighted by molar-refractivity contribution is -0.117. The summed E-state index contributed by atoms with van der Waals surface area (Å²) >= 11 is 0. The van der Waals surface area contributed by atoms with Crippen molar-refractivity contribution in [3.8, 4) is 11.3 Å². The van der Waals surface area contributed by atoms with Gasteiger partial charge in [-0.15, -0.1) is 0 Å². The molecule has 2 aliphatic carbocycles. The summed E-state index contributed by atoms with van der Waals surface area (Å²) in [6.07, 6.45) is 5.11. The van der Waals surface area contributed by atoms with Crippen molar-refractivity contribution in [3.05, 3.63) is 60.2 Å². The number of hydrogen-bond acceptors (Lipinski definition) is 2. The van der Waals surface area contributed by atoms with Gasteiger partial charge in [-0.3, -0.25) is 9.59 Å². The SMILES string of the molecule is O=C(NC[C@H]1C[C@H]2CC[C@H]1C2)C(=O)c1c(-c2ccccc2)[nH]c2ccccc12. The third-order valence-electron chi connectivity index (χ3n) is 6.61. The Morgan fingerprint density at radius 3 is 2.50 bits per heavy atom. The number of amides is 1.